The molecule has 0 aliphatic rings. The molecule has 20 heavy (non-hydrogen) atoms. The van der Waals surface area contributed by atoms with Gasteiger partial charge in [0, 0.05) is 6.07 Å². The number of nitrogens with zero attached hydrogens (tertiary/aromatic N) is 2. The summed E-state index contributed by atoms with van der Waals surface area (Å²) in [6.07, 6.45) is 0. The Hall–Kier alpha value is -1.87. The molecule has 2 nitrogen and oxygen atoms in total. The summed E-state index contributed by atoms with van der Waals surface area (Å²) in [5, 5.41) is 0. The molecule has 0 saturated heterocycles. The van der Waals surface area contributed by atoms with Crippen molar-refractivity contribution in [3.8, 4) is 5.69 Å². The van der Waals surface area contributed by atoms with Gasteiger partial charge in [0.25, 0.3) is 0 Å². The van der Waals surface area contributed by atoms with Crippen LogP contribution in [0.5, 0.6) is 0 Å². The van der Waals surface area contributed by atoms with E-state index in [-0.39, 0.29) is 11.7 Å². The van der Waals surface area contributed by atoms with Gasteiger partial charge in [-0.15, -0.1) is 11.6 Å². The molecule has 1 heterocycles. The van der Waals surface area contributed by atoms with Gasteiger partial charge in [-0.3, -0.25) is 4.57 Å². The van der Waals surface area contributed by atoms with Gasteiger partial charge >= 0.3 is 0 Å². The molecule has 0 spiro atoms. The Bertz CT molecular complexity index is 793. The summed E-state index contributed by atoms with van der Waals surface area (Å²) >= 11 is 6.01. The minimum absolute atomic E-state index is 0.273. The average molecular weight is 289 g/mol. The third-order valence-electron chi connectivity index (χ3n) is 3.41. The van der Waals surface area contributed by atoms with Crippen LogP contribution in [0.1, 0.15) is 17.0 Å². The lowest BCUT2D eigenvalue weighted by atomic mass is 10.1. The third kappa shape index (κ3) is 2.08. The van der Waals surface area contributed by atoms with Crippen molar-refractivity contribution < 1.29 is 4.39 Å². The fourth-order valence-corrected chi connectivity index (χ4v) is 2.60. The van der Waals surface area contributed by atoms with Gasteiger partial charge in [0.1, 0.15) is 11.6 Å². The summed E-state index contributed by atoms with van der Waals surface area (Å²) in [5.74, 6) is 0.731. The molecule has 0 radical (unpaired) electrons. The Morgan fingerprint density at radius 2 is 1.95 bits per heavy atom. The van der Waals surface area contributed by atoms with E-state index >= 15 is 0 Å². The highest BCUT2D eigenvalue weighted by molar-refractivity contribution is 6.17. The van der Waals surface area contributed by atoms with Crippen LogP contribution in [0.4, 0.5) is 4.39 Å². The van der Waals surface area contributed by atoms with Crippen LogP contribution in [-0.4, -0.2) is 9.55 Å². The molecule has 0 amide bonds. The number of aryl methyl sites for hydroxylation is 2. The van der Waals surface area contributed by atoms with E-state index in [1.54, 1.807) is 6.07 Å². The van der Waals surface area contributed by atoms with Crippen molar-refractivity contribution in [2.75, 3.05) is 0 Å². The second kappa shape index (κ2) is 4.91. The second-order valence-electron chi connectivity index (χ2n) is 4.92. The predicted octanol–water partition coefficient (Wildman–Crippen LogP) is 4.52. The van der Waals surface area contributed by atoms with Crippen LogP contribution < -0.4 is 0 Å². The fourth-order valence-electron chi connectivity index (χ4n) is 2.42. The van der Waals surface area contributed by atoms with Crippen molar-refractivity contribution in [3.63, 3.8) is 0 Å². The van der Waals surface area contributed by atoms with Crippen LogP contribution in [0.2, 0.25) is 0 Å². The van der Waals surface area contributed by atoms with Gasteiger partial charge in [-0.1, -0.05) is 12.1 Å². The number of alkyl halides is 1. The Morgan fingerprint density at radius 3 is 2.70 bits per heavy atom. The van der Waals surface area contributed by atoms with Crippen molar-refractivity contribution in [2.45, 2.75) is 19.7 Å². The van der Waals surface area contributed by atoms with Crippen molar-refractivity contribution in [1.29, 1.82) is 0 Å². The Labute approximate surface area is 121 Å². The predicted molar refractivity (Wildman–Crippen MR) is 80.1 cm³/mol. The molecule has 0 bridgehead atoms. The van der Waals surface area contributed by atoms with Crippen LogP contribution in [0.25, 0.3) is 16.7 Å². The van der Waals surface area contributed by atoms with Gasteiger partial charge in [0.05, 0.1) is 22.6 Å². The molecule has 0 fully saturated rings. The van der Waals surface area contributed by atoms with Crippen LogP contribution in [-0.2, 0) is 5.88 Å². The summed E-state index contributed by atoms with van der Waals surface area (Å²) in [7, 11) is 0. The largest absolute Gasteiger partial charge is 0.295 e. The first-order valence-electron chi connectivity index (χ1n) is 6.40. The number of imidazole rings is 1. The summed E-state index contributed by atoms with van der Waals surface area (Å²) in [6, 6.07) is 10.8. The zero-order valence-electron chi connectivity index (χ0n) is 11.3. The van der Waals surface area contributed by atoms with Gasteiger partial charge in [0.2, 0.25) is 0 Å². The zero-order valence-corrected chi connectivity index (χ0v) is 12.1. The fraction of sp³-hybridized carbons (Fsp3) is 0.188. The van der Waals surface area contributed by atoms with Crippen molar-refractivity contribution in [3.05, 3.63) is 59.2 Å². The maximum absolute atomic E-state index is 13.6. The summed E-state index contributed by atoms with van der Waals surface area (Å²) in [5.41, 5.74) is 4.74. The van der Waals surface area contributed by atoms with Crippen molar-refractivity contribution in [2.24, 2.45) is 0 Å². The van der Waals surface area contributed by atoms with Crippen LogP contribution >= 0.6 is 11.6 Å². The van der Waals surface area contributed by atoms with Gasteiger partial charge in [-0.05, 0) is 43.2 Å². The first kappa shape index (κ1) is 13.1. The zero-order chi connectivity index (χ0) is 14.3. The standard InChI is InChI=1S/C16H14ClFN2/c1-10-3-4-11(2)14(7-10)20-15-8-12(18)5-6-13(15)19-16(20)9-17/h3-8H,9H2,1-2H3. The molecule has 0 aliphatic heterocycles. The summed E-state index contributed by atoms with van der Waals surface area (Å²) in [4.78, 5) is 4.48. The molecule has 102 valence electrons. The monoisotopic (exact) mass is 288 g/mol. The highest BCUT2D eigenvalue weighted by Crippen LogP contribution is 2.26. The topological polar surface area (TPSA) is 17.8 Å². The number of hydrogen-bond donors (Lipinski definition) is 0. The number of halogens is 2. The molecule has 0 atom stereocenters. The van der Waals surface area contributed by atoms with E-state index in [1.807, 2.05) is 24.5 Å². The normalized spacial score (nSPS) is 11.2. The summed E-state index contributed by atoms with van der Waals surface area (Å²) < 4.78 is 15.5. The molecular weight excluding hydrogens is 275 g/mol. The number of benzene rings is 2. The lowest BCUT2D eigenvalue weighted by Gasteiger charge is -2.12. The molecule has 0 N–H and O–H groups in total. The quantitative estimate of drug-likeness (QED) is 0.634. The molecular formula is C16H14ClFN2. The highest BCUT2D eigenvalue weighted by Gasteiger charge is 2.14. The van der Waals surface area contributed by atoms with Crippen LogP contribution in [0.15, 0.2) is 36.4 Å². The van der Waals surface area contributed by atoms with Gasteiger partial charge in [-0.25, -0.2) is 9.37 Å². The first-order valence-corrected chi connectivity index (χ1v) is 6.94. The maximum atomic E-state index is 13.6. The molecule has 1 aromatic heterocycles. The summed E-state index contributed by atoms with van der Waals surface area (Å²) in [6.45, 7) is 4.06. The molecule has 3 aromatic rings. The number of hydrogen-bond acceptors (Lipinski definition) is 1. The van der Waals surface area contributed by atoms with Gasteiger partial charge in [-0.2, -0.15) is 0 Å². The highest BCUT2D eigenvalue weighted by atomic mass is 35.5. The van der Waals surface area contributed by atoms with E-state index in [2.05, 4.69) is 17.1 Å². The van der Waals surface area contributed by atoms with E-state index in [1.165, 1.54) is 12.1 Å². The van der Waals surface area contributed by atoms with E-state index in [0.29, 0.717) is 0 Å². The third-order valence-corrected chi connectivity index (χ3v) is 3.65. The minimum Gasteiger partial charge on any atom is -0.295 e. The van der Waals surface area contributed by atoms with Crippen LogP contribution in [0, 0.1) is 19.7 Å². The Balaban J connectivity index is 2.39. The number of aromatic nitrogens is 2. The van der Waals surface area contributed by atoms with Gasteiger partial charge in [0.15, 0.2) is 0 Å². The second-order valence-corrected chi connectivity index (χ2v) is 5.19. The van der Waals surface area contributed by atoms with E-state index in [9.17, 15) is 4.39 Å². The maximum Gasteiger partial charge on any atom is 0.129 e. The van der Waals surface area contributed by atoms with Crippen LogP contribution in [0.3, 0.4) is 0 Å². The average Bonchev–Trinajstić information content (AvgIpc) is 2.79. The molecule has 4 heteroatoms. The minimum atomic E-state index is -0.273. The molecule has 0 saturated carbocycles. The molecule has 0 aliphatic carbocycles. The molecule has 3 rings (SSSR count). The van der Waals surface area contributed by atoms with E-state index < -0.39 is 0 Å². The lowest BCUT2D eigenvalue weighted by molar-refractivity contribution is 0.629. The van der Waals surface area contributed by atoms with E-state index in [0.717, 1.165) is 33.7 Å². The SMILES string of the molecule is Cc1ccc(C)c(-n2c(CCl)nc3ccc(F)cc32)c1. The van der Waals surface area contributed by atoms with Gasteiger partial charge < -0.3 is 0 Å². The smallest absolute Gasteiger partial charge is 0.129 e. The number of rotatable bonds is 2. The lowest BCUT2D eigenvalue weighted by Crippen LogP contribution is -2.02. The molecule has 0 unspecified atom stereocenters. The Kier molecular flexibility index (Phi) is 3.22. The first-order chi connectivity index (χ1) is 9.60. The molecule has 2 aromatic carbocycles. The number of fused-ring (bicyclic) bond motifs is 1. The van der Waals surface area contributed by atoms with Crippen molar-refractivity contribution >= 4 is 22.6 Å². The Morgan fingerprint density at radius 1 is 1.15 bits per heavy atom. The van der Waals surface area contributed by atoms with E-state index in [4.69, 9.17) is 11.6 Å². The van der Waals surface area contributed by atoms with Crippen molar-refractivity contribution in [1.82, 2.24) is 9.55 Å².